The molecule has 0 heterocycles. The summed E-state index contributed by atoms with van der Waals surface area (Å²) in [7, 11) is 1.63. The zero-order valence-corrected chi connectivity index (χ0v) is 8.96. The highest BCUT2D eigenvalue weighted by Gasteiger charge is 2.07. The van der Waals surface area contributed by atoms with Gasteiger partial charge in [-0.2, -0.15) is 0 Å². The van der Waals surface area contributed by atoms with E-state index in [1.807, 2.05) is 24.3 Å². The van der Waals surface area contributed by atoms with E-state index in [1.54, 1.807) is 7.11 Å². The molecule has 0 bridgehead atoms. The van der Waals surface area contributed by atoms with Gasteiger partial charge in [0.25, 0.3) is 0 Å². The fourth-order valence-electron chi connectivity index (χ4n) is 1.19. The molecular weight excluding hydrogens is 202 g/mol. The lowest BCUT2D eigenvalue weighted by atomic mass is 10.0. The molecule has 3 nitrogen and oxygen atoms in total. The van der Waals surface area contributed by atoms with Gasteiger partial charge in [-0.25, -0.2) is 0 Å². The second-order valence-electron chi connectivity index (χ2n) is 2.89. The first-order valence-electron chi connectivity index (χ1n) is 4.26. The Bertz CT molecular complexity index is 247. The average Bonchev–Trinajstić information content (AvgIpc) is 2.21. The van der Waals surface area contributed by atoms with Crippen LogP contribution in [0, 0.1) is 0 Å². The summed E-state index contributed by atoms with van der Waals surface area (Å²) in [6.45, 7) is 0.547. The second-order valence-corrected chi connectivity index (χ2v) is 2.89. The minimum Gasteiger partial charge on any atom is -0.497 e. The van der Waals surface area contributed by atoms with Crippen LogP contribution in [0.5, 0.6) is 5.75 Å². The van der Waals surface area contributed by atoms with Crippen LogP contribution in [0.3, 0.4) is 0 Å². The van der Waals surface area contributed by atoms with Crippen molar-refractivity contribution in [3.8, 4) is 5.75 Å². The molecule has 0 fully saturated rings. The Hall–Kier alpha value is -0.770. The zero-order valence-electron chi connectivity index (χ0n) is 8.14. The van der Waals surface area contributed by atoms with Gasteiger partial charge in [0, 0.05) is 12.5 Å². The third-order valence-corrected chi connectivity index (χ3v) is 2.09. The highest BCUT2D eigenvalue weighted by Crippen LogP contribution is 2.17. The molecule has 0 spiro atoms. The number of nitrogens with two attached hydrogens (primary N) is 1. The predicted octanol–water partition coefficient (Wildman–Crippen LogP) is 1.15. The molecule has 1 rings (SSSR count). The van der Waals surface area contributed by atoms with E-state index >= 15 is 0 Å². The molecule has 0 aliphatic rings. The van der Waals surface area contributed by atoms with Crippen molar-refractivity contribution in [3.63, 3.8) is 0 Å². The standard InChI is InChI=1S/C10H15NO2.ClH/c1-13-10-4-2-8(3-5-10)9(6-11)7-12;/h2-5,9,12H,6-7,11H2,1H3;1H/t9-;/m1./s1. The number of methoxy groups -OCH3 is 1. The van der Waals surface area contributed by atoms with Gasteiger partial charge >= 0.3 is 0 Å². The van der Waals surface area contributed by atoms with E-state index in [1.165, 1.54) is 0 Å². The Morgan fingerprint density at radius 3 is 2.29 bits per heavy atom. The number of ether oxygens (including phenoxy) is 1. The molecule has 0 radical (unpaired) electrons. The molecule has 1 aromatic rings. The molecule has 1 atom stereocenters. The maximum Gasteiger partial charge on any atom is 0.118 e. The normalized spacial score (nSPS) is 11.6. The van der Waals surface area contributed by atoms with Crippen LogP contribution in [0.1, 0.15) is 11.5 Å². The van der Waals surface area contributed by atoms with Crippen molar-refractivity contribution in [2.75, 3.05) is 20.3 Å². The van der Waals surface area contributed by atoms with Gasteiger partial charge in [-0.05, 0) is 17.7 Å². The molecule has 0 aliphatic carbocycles. The molecule has 0 amide bonds. The van der Waals surface area contributed by atoms with Gasteiger partial charge in [0.05, 0.1) is 13.7 Å². The van der Waals surface area contributed by atoms with E-state index in [2.05, 4.69) is 0 Å². The summed E-state index contributed by atoms with van der Waals surface area (Å²) < 4.78 is 5.02. The molecule has 1 aromatic carbocycles. The van der Waals surface area contributed by atoms with Crippen molar-refractivity contribution in [1.29, 1.82) is 0 Å². The van der Waals surface area contributed by atoms with E-state index in [9.17, 15) is 0 Å². The van der Waals surface area contributed by atoms with E-state index in [-0.39, 0.29) is 24.9 Å². The molecule has 14 heavy (non-hydrogen) atoms. The van der Waals surface area contributed by atoms with Crippen LogP contribution in [0.15, 0.2) is 24.3 Å². The molecule has 0 saturated heterocycles. The minimum atomic E-state index is 0. The second kappa shape index (κ2) is 6.65. The van der Waals surface area contributed by atoms with Gasteiger partial charge in [0.1, 0.15) is 5.75 Å². The van der Waals surface area contributed by atoms with E-state index in [0.29, 0.717) is 6.54 Å². The monoisotopic (exact) mass is 217 g/mol. The van der Waals surface area contributed by atoms with Crippen molar-refractivity contribution < 1.29 is 9.84 Å². The molecule has 4 heteroatoms. The minimum absolute atomic E-state index is 0. The van der Waals surface area contributed by atoms with Crippen LogP contribution < -0.4 is 10.5 Å². The number of benzene rings is 1. The Labute approximate surface area is 90.3 Å². The maximum atomic E-state index is 8.99. The van der Waals surface area contributed by atoms with Crippen molar-refractivity contribution >= 4 is 12.4 Å². The number of aliphatic hydroxyl groups is 1. The zero-order chi connectivity index (χ0) is 9.68. The van der Waals surface area contributed by atoms with Crippen LogP contribution in [-0.2, 0) is 0 Å². The average molecular weight is 218 g/mol. The SMILES string of the molecule is COc1ccc([C@H](CN)CO)cc1.Cl. The van der Waals surface area contributed by atoms with Gasteiger partial charge in [0.2, 0.25) is 0 Å². The Balaban J connectivity index is 0.00000169. The number of aliphatic hydroxyl groups excluding tert-OH is 1. The van der Waals surface area contributed by atoms with Crippen LogP contribution >= 0.6 is 12.4 Å². The van der Waals surface area contributed by atoms with E-state index in [4.69, 9.17) is 15.6 Å². The van der Waals surface area contributed by atoms with Gasteiger partial charge in [0.15, 0.2) is 0 Å². The molecule has 3 N–H and O–H groups in total. The number of hydrogen-bond donors (Lipinski definition) is 2. The molecule has 0 aliphatic heterocycles. The summed E-state index contributed by atoms with van der Waals surface area (Å²) in [6.07, 6.45) is 0. The van der Waals surface area contributed by atoms with E-state index < -0.39 is 0 Å². The topological polar surface area (TPSA) is 55.5 Å². The molecular formula is C10H16ClNO2. The summed E-state index contributed by atoms with van der Waals surface area (Å²) in [5.74, 6) is 0.850. The number of halogens is 1. The van der Waals surface area contributed by atoms with Gasteiger partial charge < -0.3 is 15.6 Å². The van der Waals surface area contributed by atoms with Gasteiger partial charge in [-0.3, -0.25) is 0 Å². The molecule has 80 valence electrons. The first kappa shape index (κ1) is 13.2. The Morgan fingerprint density at radius 2 is 1.93 bits per heavy atom. The fraction of sp³-hybridized carbons (Fsp3) is 0.400. The quantitative estimate of drug-likeness (QED) is 0.796. The highest BCUT2D eigenvalue weighted by atomic mass is 35.5. The van der Waals surface area contributed by atoms with Gasteiger partial charge in [-0.15, -0.1) is 12.4 Å². The largest absolute Gasteiger partial charge is 0.497 e. The number of rotatable bonds is 4. The van der Waals surface area contributed by atoms with Crippen molar-refractivity contribution in [2.24, 2.45) is 5.73 Å². The van der Waals surface area contributed by atoms with Crippen LogP contribution in [0.25, 0.3) is 0 Å². The van der Waals surface area contributed by atoms with Crippen LogP contribution in [0.2, 0.25) is 0 Å². The Morgan fingerprint density at radius 1 is 1.36 bits per heavy atom. The third kappa shape index (κ3) is 3.18. The van der Waals surface area contributed by atoms with Gasteiger partial charge in [-0.1, -0.05) is 12.1 Å². The smallest absolute Gasteiger partial charge is 0.118 e. The van der Waals surface area contributed by atoms with Crippen LogP contribution in [-0.4, -0.2) is 25.4 Å². The first-order valence-corrected chi connectivity index (χ1v) is 4.26. The Kier molecular flexibility index (Phi) is 6.28. The number of hydrogen-bond acceptors (Lipinski definition) is 3. The maximum absolute atomic E-state index is 8.99. The molecule has 0 saturated carbocycles. The predicted molar refractivity (Wildman–Crippen MR) is 59.1 cm³/mol. The van der Waals surface area contributed by atoms with Crippen molar-refractivity contribution in [2.45, 2.75) is 5.92 Å². The molecule has 0 aromatic heterocycles. The molecule has 0 unspecified atom stereocenters. The fourth-order valence-corrected chi connectivity index (χ4v) is 1.19. The first-order chi connectivity index (χ1) is 6.31. The van der Waals surface area contributed by atoms with E-state index in [0.717, 1.165) is 11.3 Å². The van der Waals surface area contributed by atoms with Crippen molar-refractivity contribution in [1.82, 2.24) is 0 Å². The third-order valence-electron chi connectivity index (χ3n) is 2.09. The summed E-state index contributed by atoms with van der Waals surface area (Å²) >= 11 is 0. The lowest BCUT2D eigenvalue weighted by Gasteiger charge is -2.11. The summed E-state index contributed by atoms with van der Waals surface area (Å²) in [5.41, 5.74) is 6.54. The van der Waals surface area contributed by atoms with Crippen LogP contribution in [0.4, 0.5) is 0 Å². The lowest BCUT2D eigenvalue weighted by Crippen LogP contribution is -2.15. The van der Waals surface area contributed by atoms with Crippen molar-refractivity contribution in [3.05, 3.63) is 29.8 Å². The summed E-state index contributed by atoms with van der Waals surface area (Å²) in [5, 5.41) is 8.99. The summed E-state index contributed by atoms with van der Waals surface area (Å²) in [6, 6.07) is 7.58. The highest BCUT2D eigenvalue weighted by molar-refractivity contribution is 5.85. The summed E-state index contributed by atoms with van der Waals surface area (Å²) in [4.78, 5) is 0. The lowest BCUT2D eigenvalue weighted by molar-refractivity contribution is 0.267.